The summed E-state index contributed by atoms with van der Waals surface area (Å²) in [6.45, 7) is -1.17. The van der Waals surface area contributed by atoms with Crippen LogP contribution in [0.15, 0.2) is 54.6 Å². The van der Waals surface area contributed by atoms with Crippen LogP contribution in [0.3, 0.4) is 0 Å². The van der Waals surface area contributed by atoms with E-state index in [2.05, 4.69) is 0 Å². The molecule has 0 aromatic heterocycles. The van der Waals surface area contributed by atoms with E-state index in [4.69, 9.17) is 20.5 Å². The minimum atomic E-state index is -3.23. The van der Waals surface area contributed by atoms with Crippen molar-refractivity contribution in [3.05, 3.63) is 54.6 Å². The van der Waals surface area contributed by atoms with Crippen LogP contribution < -0.4 is 10.0 Å². The minimum Gasteiger partial charge on any atom is -0.457 e. The molecule has 0 amide bonds. The molecule has 2 aromatic carbocycles. The molecule has 0 aliphatic rings. The van der Waals surface area contributed by atoms with Gasteiger partial charge < -0.3 is 9.26 Å². The lowest BCUT2D eigenvalue weighted by Crippen LogP contribution is -2.02. The monoisotopic (exact) mass is 296 g/mol. The van der Waals surface area contributed by atoms with Crippen LogP contribution in [0, 0.1) is 0 Å². The Morgan fingerprint density at radius 2 is 1.58 bits per heavy atom. The van der Waals surface area contributed by atoms with E-state index >= 15 is 0 Å². The zero-order valence-corrected chi connectivity index (χ0v) is 12.1. The first-order valence-electron chi connectivity index (χ1n) is 5.89. The summed E-state index contributed by atoms with van der Waals surface area (Å²) in [7, 11) is 0. The van der Waals surface area contributed by atoms with Gasteiger partial charge in [0.15, 0.2) is 0 Å². The number of benzene rings is 2. The van der Waals surface area contributed by atoms with Gasteiger partial charge in [0.05, 0.1) is 11.9 Å². The molecule has 2 rings (SSSR count). The zero-order chi connectivity index (χ0) is 13.7. The molecule has 1 atom stereocenters. The summed E-state index contributed by atoms with van der Waals surface area (Å²) in [5, 5.41) is 0.469. The first kappa shape index (κ1) is 14.1. The highest BCUT2D eigenvalue weighted by molar-refractivity contribution is 7.91. The summed E-state index contributed by atoms with van der Waals surface area (Å²) in [5.74, 6) is 1.40. The smallest absolute Gasteiger partial charge is 0.319 e. The molecule has 0 saturated heterocycles. The largest absolute Gasteiger partial charge is 0.457 e. The molecule has 2 aromatic rings. The van der Waals surface area contributed by atoms with Gasteiger partial charge in [-0.2, -0.15) is 0 Å². The van der Waals surface area contributed by atoms with Crippen molar-refractivity contribution in [3.8, 4) is 11.5 Å². The molecular formula is C14H14ClO3P. The first-order chi connectivity index (χ1) is 9.12. The van der Waals surface area contributed by atoms with Crippen molar-refractivity contribution < 1.29 is 13.8 Å². The summed E-state index contributed by atoms with van der Waals surface area (Å²) in [5.41, 5.74) is 0. The molecule has 0 N–H and O–H groups in total. The summed E-state index contributed by atoms with van der Waals surface area (Å²) in [6, 6.07) is 16.2. The molecule has 0 bridgehead atoms. The van der Waals surface area contributed by atoms with Gasteiger partial charge >= 0.3 is 6.72 Å². The van der Waals surface area contributed by atoms with Gasteiger partial charge in [0.2, 0.25) is 0 Å². The molecule has 0 fully saturated rings. The van der Waals surface area contributed by atoms with Crippen LogP contribution in [0.5, 0.6) is 11.5 Å². The van der Waals surface area contributed by atoms with Crippen molar-refractivity contribution in [2.24, 2.45) is 0 Å². The van der Waals surface area contributed by atoms with E-state index in [1.54, 1.807) is 31.2 Å². The van der Waals surface area contributed by atoms with Gasteiger partial charge in [0, 0.05) is 0 Å². The molecule has 100 valence electrons. The van der Waals surface area contributed by atoms with Crippen molar-refractivity contribution in [2.75, 3.05) is 6.61 Å². The summed E-state index contributed by atoms with van der Waals surface area (Å²) < 4.78 is 22.7. The van der Waals surface area contributed by atoms with E-state index in [-0.39, 0.29) is 0 Å². The Kier molecular flexibility index (Phi) is 4.65. The van der Waals surface area contributed by atoms with E-state index in [1.165, 1.54) is 0 Å². The fraction of sp³-hybridized carbons (Fsp3) is 0.143. The topological polar surface area (TPSA) is 35.5 Å². The number of ether oxygens (including phenoxy) is 1. The lowest BCUT2D eigenvalue weighted by Gasteiger charge is -2.11. The maximum Gasteiger partial charge on any atom is 0.319 e. The van der Waals surface area contributed by atoms with Gasteiger partial charge in [-0.05, 0) is 54.6 Å². The summed E-state index contributed by atoms with van der Waals surface area (Å²) in [4.78, 5) is 0. The zero-order valence-electron chi connectivity index (χ0n) is 10.5. The molecule has 0 unspecified atom stereocenters. The van der Waals surface area contributed by atoms with Crippen molar-refractivity contribution in [2.45, 2.75) is 6.92 Å². The second kappa shape index (κ2) is 6.25. The van der Waals surface area contributed by atoms with Crippen molar-refractivity contribution in [3.63, 3.8) is 0 Å². The Hall–Kier alpha value is -1.28. The second-order valence-corrected chi connectivity index (χ2v) is 6.88. The van der Waals surface area contributed by atoms with Crippen LogP contribution in [0.4, 0.5) is 0 Å². The molecule has 0 aliphatic heterocycles. The predicted molar refractivity (Wildman–Crippen MR) is 77.7 cm³/mol. The van der Waals surface area contributed by atoms with Gasteiger partial charge in [-0.25, -0.2) is 0 Å². The van der Waals surface area contributed by atoms with E-state index in [0.29, 0.717) is 17.7 Å². The second-order valence-electron chi connectivity index (χ2n) is 3.81. The Balaban J connectivity index is 2.13. The Bertz CT molecular complexity index is 569. The van der Waals surface area contributed by atoms with Crippen LogP contribution in [0.25, 0.3) is 0 Å². The average Bonchev–Trinajstić information content (AvgIpc) is 2.40. The first-order valence-corrected chi connectivity index (χ1v) is 8.42. The van der Waals surface area contributed by atoms with Crippen molar-refractivity contribution >= 4 is 23.3 Å². The average molecular weight is 297 g/mol. The third-order valence-electron chi connectivity index (χ3n) is 2.42. The van der Waals surface area contributed by atoms with Crippen molar-refractivity contribution in [1.29, 1.82) is 0 Å². The van der Waals surface area contributed by atoms with Gasteiger partial charge in [-0.1, -0.05) is 18.2 Å². The molecule has 0 saturated carbocycles. The Morgan fingerprint density at radius 1 is 1.00 bits per heavy atom. The molecular weight excluding hydrogens is 283 g/mol. The molecule has 3 nitrogen and oxygen atoms in total. The maximum absolute atomic E-state index is 12.0. The van der Waals surface area contributed by atoms with E-state index in [0.717, 1.165) is 5.75 Å². The van der Waals surface area contributed by atoms with Crippen LogP contribution in [-0.2, 0) is 9.09 Å². The molecule has 5 heteroatoms. The summed E-state index contributed by atoms with van der Waals surface area (Å²) in [6.07, 6.45) is 0. The van der Waals surface area contributed by atoms with Crippen molar-refractivity contribution in [1.82, 2.24) is 0 Å². The highest BCUT2D eigenvalue weighted by Gasteiger charge is 2.21. The maximum atomic E-state index is 12.0. The summed E-state index contributed by atoms with van der Waals surface area (Å²) >= 11 is 5.87. The quantitative estimate of drug-likeness (QED) is 0.758. The fourth-order valence-corrected chi connectivity index (χ4v) is 3.17. The Morgan fingerprint density at radius 3 is 2.16 bits per heavy atom. The highest BCUT2D eigenvalue weighted by atomic mass is 35.7. The lowest BCUT2D eigenvalue weighted by atomic mass is 10.3. The van der Waals surface area contributed by atoms with E-state index in [9.17, 15) is 4.57 Å². The minimum absolute atomic E-state index is 0.309. The molecule has 0 heterocycles. The van der Waals surface area contributed by atoms with E-state index in [1.807, 2.05) is 30.3 Å². The van der Waals surface area contributed by atoms with Gasteiger partial charge in [0.1, 0.15) is 11.5 Å². The van der Waals surface area contributed by atoms with Crippen LogP contribution in [-0.4, -0.2) is 6.61 Å². The standard InChI is InChI=1S/C14H14ClO3P/c1-2-17-19(15,16)14-10-8-13(9-11-14)18-12-6-4-3-5-7-12/h3-11H,2H2,1H3/t19-/m1/s1. The van der Waals surface area contributed by atoms with E-state index < -0.39 is 6.72 Å². The predicted octanol–water partition coefficient (Wildman–Crippen LogP) is 4.57. The fourth-order valence-electron chi connectivity index (χ4n) is 1.56. The van der Waals surface area contributed by atoms with Gasteiger partial charge in [-0.3, -0.25) is 4.57 Å². The number of hydrogen-bond acceptors (Lipinski definition) is 3. The third-order valence-corrected chi connectivity index (χ3v) is 4.80. The molecule has 0 aliphatic carbocycles. The molecule has 0 spiro atoms. The highest BCUT2D eigenvalue weighted by Crippen LogP contribution is 2.51. The van der Waals surface area contributed by atoms with Crippen LogP contribution in [0.1, 0.15) is 6.92 Å². The number of halogens is 1. The van der Waals surface area contributed by atoms with Crippen LogP contribution in [0.2, 0.25) is 0 Å². The lowest BCUT2D eigenvalue weighted by molar-refractivity contribution is 0.352. The molecule has 0 radical (unpaired) electrons. The van der Waals surface area contributed by atoms with Gasteiger partial charge in [-0.15, -0.1) is 0 Å². The van der Waals surface area contributed by atoms with Gasteiger partial charge in [0.25, 0.3) is 0 Å². The van der Waals surface area contributed by atoms with Crippen LogP contribution >= 0.6 is 18.0 Å². The SMILES string of the molecule is CCO[P@@](=O)(Cl)c1ccc(Oc2ccccc2)cc1. The number of hydrogen-bond donors (Lipinski definition) is 0. The third kappa shape index (κ3) is 3.84. The number of para-hydroxylation sites is 1. The molecule has 19 heavy (non-hydrogen) atoms. The number of rotatable bonds is 5. The normalized spacial score (nSPS) is 13.8. The Labute approximate surface area is 117 Å².